The Bertz CT molecular complexity index is 584. The highest BCUT2D eigenvalue weighted by atomic mass is 16.6. The number of aryl methyl sites for hydroxylation is 1. The molecule has 1 amide bonds. The van der Waals surface area contributed by atoms with Crippen molar-refractivity contribution in [2.24, 2.45) is 5.92 Å². The second-order valence-electron chi connectivity index (χ2n) is 4.89. The Hall–Kier alpha value is -2.44. The van der Waals surface area contributed by atoms with E-state index >= 15 is 0 Å². The molecule has 2 rings (SSSR count). The molecule has 106 valence electrons. The fourth-order valence-corrected chi connectivity index (χ4v) is 2.32. The second-order valence-corrected chi connectivity index (χ2v) is 4.89. The third kappa shape index (κ3) is 2.76. The summed E-state index contributed by atoms with van der Waals surface area (Å²) in [6.45, 7) is 2.18. The van der Waals surface area contributed by atoms with Gasteiger partial charge in [-0.05, 0) is 25.0 Å². The van der Waals surface area contributed by atoms with Crippen molar-refractivity contribution in [3.05, 3.63) is 39.4 Å². The second kappa shape index (κ2) is 5.28. The zero-order valence-electron chi connectivity index (χ0n) is 10.9. The normalized spacial score (nSPS) is 18.1. The molecular formula is C13H14N2O5. The molecule has 0 saturated carbocycles. The number of rotatable bonds is 3. The Morgan fingerprint density at radius 3 is 2.65 bits per heavy atom. The van der Waals surface area contributed by atoms with Crippen molar-refractivity contribution >= 4 is 17.6 Å². The van der Waals surface area contributed by atoms with Gasteiger partial charge < -0.3 is 10.0 Å². The van der Waals surface area contributed by atoms with E-state index in [0.717, 1.165) is 0 Å². The van der Waals surface area contributed by atoms with Gasteiger partial charge in [-0.25, -0.2) is 0 Å². The predicted octanol–water partition coefficient (Wildman–Crippen LogP) is 1.45. The molecule has 1 aromatic carbocycles. The van der Waals surface area contributed by atoms with Gasteiger partial charge in [-0.15, -0.1) is 0 Å². The molecule has 20 heavy (non-hydrogen) atoms. The number of hydrogen-bond donors (Lipinski definition) is 1. The molecule has 7 heteroatoms. The number of carboxylic acids is 1. The van der Waals surface area contributed by atoms with Gasteiger partial charge in [0.25, 0.3) is 11.6 Å². The van der Waals surface area contributed by atoms with E-state index in [2.05, 4.69) is 0 Å². The fourth-order valence-electron chi connectivity index (χ4n) is 2.32. The first-order valence-corrected chi connectivity index (χ1v) is 6.16. The maximum atomic E-state index is 12.3. The Labute approximate surface area is 115 Å². The molecule has 1 aliphatic rings. The van der Waals surface area contributed by atoms with Crippen LogP contribution in [0.15, 0.2) is 18.2 Å². The molecule has 0 aromatic heterocycles. The van der Waals surface area contributed by atoms with Crippen LogP contribution >= 0.6 is 0 Å². The number of amides is 1. The Kier molecular flexibility index (Phi) is 3.69. The highest BCUT2D eigenvalue weighted by Gasteiger charge is 2.31. The molecule has 1 heterocycles. The largest absolute Gasteiger partial charge is 0.481 e. The highest BCUT2D eigenvalue weighted by molar-refractivity contribution is 5.95. The average Bonchev–Trinajstić information content (AvgIpc) is 2.86. The molecule has 1 aliphatic heterocycles. The number of carbonyl (C=O) groups is 2. The van der Waals surface area contributed by atoms with Crippen molar-refractivity contribution in [1.82, 2.24) is 4.90 Å². The zero-order valence-corrected chi connectivity index (χ0v) is 10.9. The number of nitro groups is 1. The molecule has 1 N–H and O–H groups in total. The Morgan fingerprint density at radius 1 is 1.40 bits per heavy atom. The lowest BCUT2D eigenvalue weighted by atomic mass is 10.1. The summed E-state index contributed by atoms with van der Waals surface area (Å²) < 4.78 is 0. The van der Waals surface area contributed by atoms with Crippen molar-refractivity contribution < 1.29 is 19.6 Å². The smallest absolute Gasteiger partial charge is 0.308 e. The number of non-ortho nitro benzene ring substituents is 1. The van der Waals surface area contributed by atoms with Crippen LogP contribution in [0.2, 0.25) is 0 Å². The van der Waals surface area contributed by atoms with Crippen LogP contribution in [0.5, 0.6) is 0 Å². The van der Waals surface area contributed by atoms with Gasteiger partial charge in [-0.2, -0.15) is 0 Å². The van der Waals surface area contributed by atoms with Crippen LogP contribution < -0.4 is 0 Å². The Morgan fingerprint density at radius 2 is 2.10 bits per heavy atom. The number of hydrogen-bond acceptors (Lipinski definition) is 4. The van der Waals surface area contributed by atoms with Gasteiger partial charge >= 0.3 is 5.97 Å². The van der Waals surface area contributed by atoms with Gasteiger partial charge in [0.2, 0.25) is 0 Å². The molecular weight excluding hydrogens is 264 g/mol. The van der Waals surface area contributed by atoms with Crippen LogP contribution in [0.25, 0.3) is 0 Å². The van der Waals surface area contributed by atoms with Gasteiger partial charge in [-0.3, -0.25) is 19.7 Å². The minimum atomic E-state index is -0.921. The number of benzene rings is 1. The summed E-state index contributed by atoms with van der Waals surface area (Å²) in [7, 11) is 0. The fraction of sp³-hybridized carbons (Fsp3) is 0.385. The molecule has 1 aromatic rings. The van der Waals surface area contributed by atoms with E-state index < -0.39 is 16.8 Å². The maximum absolute atomic E-state index is 12.3. The summed E-state index contributed by atoms with van der Waals surface area (Å²) in [4.78, 5) is 34.8. The van der Waals surface area contributed by atoms with Gasteiger partial charge in [0.05, 0.1) is 10.8 Å². The summed E-state index contributed by atoms with van der Waals surface area (Å²) in [5, 5.41) is 19.7. The topological polar surface area (TPSA) is 101 Å². The summed E-state index contributed by atoms with van der Waals surface area (Å²) >= 11 is 0. The lowest BCUT2D eigenvalue weighted by Gasteiger charge is -2.16. The molecule has 0 bridgehead atoms. The number of nitrogens with zero attached hydrogens (tertiary/aromatic N) is 2. The van der Waals surface area contributed by atoms with Gasteiger partial charge in [-0.1, -0.05) is 0 Å². The summed E-state index contributed by atoms with van der Waals surface area (Å²) in [5.41, 5.74) is 0.710. The number of carboxylic acid groups (broad SMARTS) is 1. The number of nitro benzene ring substituents is 1. The lowest BCUT2D eigenvalue weighted by Crippen LogP contribution is -2.30. The van der Waals surface area contributed by atoms with E-state index in [1.165, 1.54) is 17.0 Å². The lowest BCUT2D eigenvalue weighted by molar-refractivity contribution is -0.384. The van der Waals surface area contributed by atoms with E-state index in [9.17, 15) is 19.7 Å². The monoisotopic (exact) mass is 278 g/mol. The summed E-state index contributed by atoms with van der Waals surface area (Å²) in [5.74, 6) is -1.84. The van der Waals surface area contributed by atoms with Crippen LogP contribution in [-0.4, -0.2) is 39.9 Å². The maximum Gasteiger partial charge on any atom is 0.308 e. The molecule has 0 radical (unpaired) electrons. The standard InChI is InChI=1S/C13H14N2O5/c1-8-4-10(6-11(5-8)15(19)20)12(16)14-3-2-9(7-14)13(17)18/h4-6,9H,2-3,7H2,1H3,(H,17,18). The predicted molar refractivity (Wildman–Crippen MR) is 69.5 cm³/mol. The SMILES string of the molecule is Cc1cc(C(=O)N2CCC(C(=O)O)C2)cc([N+](=O)[O-])c1. The quantitative estimate of drug-likeness (QED) is 0.666. The first-order valence-electron chi connectivity index (χ1n) is 6.16. The number of carbonyl (C=O) groups excluding carboxylic acids is 1. The third-order valence-corrected chi connectivity index (χ3v) is 3.34. The van der Waals surface area contributed by atoms with Gasteiger partial charge in [0, 0.05) is 30.8 Å². The van der Waals surface area contributed by atoms with E-state index in [1.807, 2.05) is 0 Å². The van der Waals surface area contributed by atoms with Crippen LogP contribution in [-0.2, 0) is 4.79 Å². The molecule has 1 saturated heterocycles. The van der Waals surface area contributed by atoms with Crippen LogP contribution in [0.3, 0.4) is 0 Å². The summed E-state index contributed by atoms with van der Waals surface area (Å²) in [6.07, 6.45) is 0.412. The van der Waals surface area contributed by atoms with Crippen molar-refractivity contribution in [3.8, 4) is 0 Å². The number of likely N-dealkylation sites (tertiary alicyclic amines) is 1. The van der Waals surface area contributed by atoms with E-state index in [-0.39, 0.29) is 23.7 Å². The van der Waals surface area contributed by atoms with Crippen LogP contribution in [0.1, 0.15) is 22.3 Å². The Balaban J connectivity index is 2.22. The van der Waals surface area contributed by atoms with E-state index in [0.29, 0.717) is 18.5 Å². The molecule has 7 nitrogen and oxygen atoms in total. The summed E-state index contributed by atoms with van der Waals surface area (Å²) in [6, 6.07) is 4.19. The van der Waals surface area contributed by atoms with Crippen LogP contribution in [0.4, 0.5) is 5.69 Å². The van der Waals surface area contributed by atoms with E-state index in [1.54, 1.807) is 13.0 Å². The first kappa shape index (κ1) is 14.0. The van der Waals surface area contributed by atoms with E-state index in [4.69, 9.17) is 5.11 Å². The molecule has 1 atom stereocenters. The van der Waals surface area contributed by atoms with Crippen molar-refractivity contribution in [1.29, 1.82) is 0 Å². The minimum Gasteiger partial charge on any atom is -0.481 e. The molecule has 0 spiro atoms. The molecule has 1 unspecified atom stereocenters. The molecule has 1 fully saturated rings. The minimum absolute atomic E-state index is 0.137. The molecule has 0 aliphatic carbocycles. The van der Waals surface area contributed by atoms with Crippen molar-refractivity contribution in [3.63, 3.8) is 0 Å². The zero-order chi connectivity index (χ0) is 14.9. The van der Waals surface area contributed by atoms with Gasteiger partial charge in [0.15, 0.2) is 0 Å². The third-order valence-electron chi connectivity index (χ3n) is 3.34. The van der Waals surface area contributed by atoms with Crippen molar-refractivity contribution in [2.45, 2.75) is 13.3 Å². The van der Waals surface area contributed by atoms with Gasteiger partial charge in [0.1, 0.15) is 0 Å². The van der Waals surface area contributed by atoms with Crippen LogP contribution in [0, 0.1) is 23.0 Å². The van der Waals surface area contributed by atoms with Crippen molar-refractivity contribution in [2.75, 3.05) is 13.1 Å². The first-order chi connectivity index (χ1) is 9.38. The average molecular weight is 278 g/mol. The highest BCUT2D eigenvalue weighted by Crippen LogP contribution is 2.22. The number of aliphatic carboxylic acids is 1.